The highest BCUT2D eigenvalue weighted by Crippen LogP contribution is 2.34. The van der Waals surface area contributed by atoms with Gasteiger partial charge < -0.3 is 0 Å². The minimum Gasteiger partial charge on any atom is -0.273 e. The largest absolute Gasteiger partial charge is 0.336 e. The number of anilines is 1. The molecular weight excluding hydrogens is 371 g/mol. The maximum Gasteiger partial charge on any atom is 0.336 e. The van der Waals surface area contributed by atoms with Gasteiger partial charge in [-0.15, -0.1) is 11.3 Å². The minimum absolute atomic E-state index is 0.0590. The second-order valence-electron chi connectivity index (χ2n) is 5.00. The third kappa shape index (κ3) is 2.84. The smallest absolute Gasteiger partial charge is 0.273 e. The average molecular weight is 381 g/mol. The Labute approximate surface area is 151 Å². The Morgan fingerprint density at radius 3 is 2.58 bits per heavy atom. The van der Waals surface area contributed by atoms with Crippen molar-refractivity contribution in [1.29, 1.82) is 0 Å². The van der Waals surface area contributed by atoms with Crippen LogP contribution in [0.15, 0.2) is 35.2 Å². The summed E-state index contributed by atoms with van der Waals surface area (Å²) in [6.45, 7) is 1.87. The number of thiophene rings is 1. The maximum atomic E-state index is 12.7. The van der Waals surface area contributed by atoms with Crippen molar-refractivity contribution >= 4 is 64.1 Å². The van der Waals surface area contributed by atoms with Crippen LogP contribution >= 0.6 is 34.5 Å². The molecule has 24 heavy (non-hydrogen) atoms. The summed E-state index contributed by atoms with van der Waals surface area (Å²) in [5.41, 5.74) is 0.904. The summed E-state index contributed by atoms with van der Waals surface area (Å²) < 4.78 is 0. The van der Waals surface area contributed by atoms with E-state index in [0.717, 1.165) is 15.3 Å². The molecule has 3 rings (SSSR count). The Hall–Kier alpha value is -2.15. The summed E-state index contributed by atoms with van der Waals surface area (Å²) >= 11 is 13.4. The van der Waals surface area contributed by atoms with Gasteiger partial charge >= 0.3 is 6.03 Å². The molecule has 0 atom stereocenters. The van der Waals surface area contributed by atoms with E-state index < -0.39 is 17.8 Å². The van der Waals surface area contributed by atoms with E-state index in [1.165, 1.54) is 29.5 Å². The third-order valence-electron chi connectivity index (χ3n) is 3.45. The number of amides is 4. The van der Waals surface area contributed by atoms with Crippen LogP contribution in [0.5, 0.6) is 0 Å². The number of hydrogen-bond donors (Lipinski definition) is 1. The molecule has 0 saturated carbocycles. The van der Waals surface area contributed by atoms with E-state index in [2.05, 4.69) is 5.32 Å². The lowest BCUT2D eigenvalue weighted by molar-refractivity contribution is -0.122. The highest BCUT2D eigenvalue weighted by molar-refractivity contribution is 7.11. The van der Waals surface area contributed by atoms with E-state index in [9.17, 15) is 14.4 Å². The maximum absolute atomic E-state index is 12.7. The Kier molecular flexibility index (Phi) is 4.45. The summed E-state index contributed by atoms with van der Waals surface area (Å²) in [5, 5.41) is 4.26. The van der Waals surface area contributed by atoms with Crippen molar-refractivity contribution in [2.45, 2.75) is 6.92 Å². The highest BCUT2D eigenvalue weighted by atomic mass is 35.5. The van der Waals surface area contributed by atoms with Crippen LogP contribution in [0.4, 0.5) is 10.5 Å². The molecule has 4 amide bonds. The van der Waals surface area contributed by atoms with Crippen molar-refractivity contribution in [3.63, 3.8) is 0 Å². The van der Waals surface area contributed by atoms with Gasteiger partial charge in [0, 0.05) is 4.88 Å². The number of carbonyl (C=O) groups excluding carboxylic acids is 3. The molecule has 2 aromatic rings. The minimum atomic E-state index is -0.866. The predicted octanol–water partition coefficient (Wildman–Crippen LogP) is 4.03. The van der Waals surface area contributed by atoms with Gasteiger partial charge in [-0.2, -0.15) is 0 Å². The zero-order valence-corrected chi connectivity index (χ0v) is 14.6. The summed E-state index contributed by atoms with van der Waals surface area (Å²) in [6.07, 6.45) is 1.47. The van der Waals surface area contributed by atoms with Gasteiger partial charge in [0.25, 0.3) is 11.8 Å². The van der Waals surface area contributed by atoms with Crippen molar-refractivity contribution in [2.75, 3.05) is 4.90 Å². The Morgan fingerprint density at radius 1 is 1.17 bits per heavy atom. The number of benzene rings is 1. The van der Waals surface area contributed by atoms with Crippen molar-refractivity contribution in [3.8, 4) is 0 Å². The normalized spacial score (nSPS) is 16.7. The fourth-order valence-corrected chi connectivity index (χ4v) is 3.44. The molecule has 122 valence electrons. The van der Waals surface area contributed by atoms with E-state index in [1.54, 1.807) is 6.07 Å². The molecule has 2 heterocycles. The fourth-order valence-electron chi connectivity index (χ4n) is 2.20. The van der Waals surface area contributed by atoms with Gasteiger partial charge in [-0.1, -0.05) is 29.3 Å². The van der Waals surface area contributed by atoms with Gasteiger partial charge in [-0.3, -0.25) is 14.9 Å². The number of carbonyl (C=O) groups is 3. The second-order valence-corrected chi connectivity index (χ2v) is 6.73. The first kappa shape index (κ1) is 16.7. The van der Waals surface area contributed by atoms with Crippen LogP contribution in [0.1, 0.15) is 10.4 Å². The van der Waals surface area contributed by atoms with Crippen LogP contribution in [-0.2, 0) is 9.59 Å². The molecular formula is C16H10Cl2N2O3S. The van der Waals surface area contributed by atoms with Gasteiger partial charge in [-0.25, -0.2) is 9.69 Å². The molecule has 1 aromatic heterocycles. The zero-order valence-electron chi connectivity index (χ0n) is 12.3. The number of rotatable bonds is 2. The Morgan fingerprint density at radius 2 is 1.92 bits per heavy atom. The SMILES string of the molecule is Cc1ccsc1/C=C1\C(=O)NC(=O)N(c2cccc(Cl)c2Cl)C1=O. The van der Waals surface area contributed by atoms with Gasteiger partial charge in [0.1, 0.15) is 5.57 Å². The van der Waals surface area contributed by atoms with E-state index in [0.29, 0.717) is 0 Å². The summed E-state index contributed by atoms with van der Waals surface area (Å²) in [5.74, 6) is -1.49. The van der Waals surface area contributed by atoms with E-state index in [4.69, 9.17) is 23.2 Å². The number of nitrogens with one attached hydrogen (secondary N) is 1. The number of halogens is 2. The number of imide groups is 2. The van der Waals surface area contributed by atoms with Crippen LogP contribution < -0.4 is 10.2 Å². The quantitative estimate of drug-likeness (QED) is 0.631. The molecule has 8 heteroatoms. The van der Waals surface area contributed by atoms with Crippen LogP contribution in [0.2, 0.25) is 10.0 Å². The Bertz CT molecular complexity index is 904. The molecule has 1 aromatic carbocycles. The van der Waals surface area contributed by atoms with E-state index in [1.807, 2.05) is 18.4 Å². The molecule has 1 N–H and O–H groups in total. The molecule has 1 saturated heterocycles. The number of aryl methyl sites for hydroxylation is 1. The molecule has 0 spiro atoms. The standard InChI is InChI=1S/C16H10Cl2N2O3S/c1-8-5-6-24-12(8)7-9-14(21)19-16(23)20(15(9)22)11-4-2-3-10(17)13(11)18/h2-7H,1H3,(H,19,21,23)/b9-7+. The second kappa shape index (κ2) is 6.39. The summed E-state index contributed by atoms with van der Waals surface area (Å²) in [4.78, 5) is 38.5. The average Bonchev–Trinajstić information content (AvgIpc) is 2.93. The molecule has 1 aliphatic heterocycles. The van der Waals surface area contributed by atoms with Gasteiger partial charge in [0.05, 0.1) is 15.7 Å². The number of urea groups is 1. The topological polar surface area (TPSA) is 66.5 Å². The number of nitrogens with zero attached hydrogens (tertiary/aromatic N) is 1. The monoisotopic (exact) mass is 380 g/mol. The molecule has 5 nitrogen and oxygen atoms in total. The van der Waals surface area contributed by atoms with Gasteiger partial charge in [0.2, 0.25) is 0 Å². The van der Waals surface area contributed by atoms with Gasteiger partial charge in [0.15, 0.2) is 0 Å². The first-order valence-electron chi connectivity index (χ1n) is 6.79. The van der Waals surface area contributed by atoms with Gasteiger partial charge in [-0.05, 0) is 42.1 Å². The lowest BCUT2D eigenvalue weighted by Gasteiger charge is -2.27. The number of hydrogen-bond acceptors (Lipinski definition) is 4. The lowest BCUT2D eigenvalue weighted by Crippen LogP contribution is -2.54. The van der Waals surface area contributed by atoms with Crippen LogP contribution in [-0.4, -0.2) is 17.8 Å². The van der Waals surface area contributed by atoms with Crippen molar-refractivity contribution in [2.24, 2.45) is 0 Å². The Balaban J connectivity index is 2.09. The van der Waals surface area contributed by atoms with Crippen LogP contribution in [0, 0.1) is 6.92 Å². The molecule has 0 bridgehead atoms. The zero-order chi connectivity index (χ0) is 17.4. The van der Waals surface area contributed by atoms with Crippen LogP contribution in [0.3, 0.4) is 0 Å². The molecule has 0 radical (unpaired) electrons. The fraction of sp³-hybridized carbons (Fsp3) is 0.0625. The lowest BCUT2D eigenvalue weighted by atomic mass is 10.1. The molecule has 1 fully saturated rings. The third-order valence-corrected chi connectivity index (χ3v) is 5.23. The summed E-state index contributed by atoms with van der Waals surface area (Å²) in [6, 6.07) is 5.59. The van der Waals surface area contributed by atoms with Crippen molar-refractivity contribution < 1.29 is 14.4 Å². The molecule has 0 unspecified atom stereocenters. The van der Waals surface area contributed by atoms with E-state index >= 15 is 0 Å². The summed E-state index contributed by atoms with van der Waals surface area (Å²) in [7, 11) is 0. The number of barbiturate groups is 1. The molecule has 0 aliphatic carbocycles. The highest BCUT2D eigenvalue weighted by Gasteiger charge is 2.38. The van der Waals surface area contributed by atoms with Crippen molar-refractivity contribution in [1.82, 2.24) is 5.32 Å². The first-order valence-corrected chi connectivity index (χ1v) is 8.43. The first-order chi connectivity index (χ1) is 11.4. The van der Waals surface area contributed by atoms with Crippen molar-refractivity contribution in [3.05, 3.63) is 55.7 Å². The van der Waals surface area contributed by atoms with E-state index in [-0.39, 0.29) is 21.3 Å². The predicted molar refractivity (Wildman–Crippen MR) is 94.5 cm³/mol. The molecule has 1 aliphatic rings. The van der Waals surface area contributed by atoms with Crippen LogP contribution in [0.25, 0.3) is 6.08 Å².